The molecule has 0 amide bonds. The fraction of sp³-hybridized carbons (Fsp3) is 0.400. The highest BCUT2D eigenvalue weighted by molar-refractivity contribution is 6.00. The van der Waals surface area contributed by atoms with E-state index >= 15 is 0 Å². The Hall–Kier alpha value is -1.78. The van der Waals surface area contributed by atoms with Crippen LogP contribution in [-0.2, 0) is 0 Å². The molecule has 0 spiro atoms. The van der Waals surface area contributed by atoms with Crippen molar-refractivity contribution in [2.75, 3.05) is 7.05 Å². The number of rotatable bonds is 1. The number of hydrogen-bond acceptors (Lipinski definition) is 5. The van der Waals surface area contributed by atoms with Crippen LogP contribution in [0.15, 0.2) is 33.9 Å². The van der Waals surface area contributed by atoms with E-state index in [4.69, 9.17) is 5.73 Å². The second kappa shape index (κ2) is 3.76. The Morgan fingerprint density at radius 1 is 1.53 bits per heavy atom. The number of likely N-dealkylation sites (N-methyl/N-ethyl adjacent to an activating group) is 1. The van der Waals surface area contributed by atoms with Crippen molar-refractivity contribution in [1.82, 2.24) is 10.2 Å². The van der Waals surface area contributed by atoms with Crippen molar-refractivity contribution in [1.29, 1.82) is 0 Å². The van der Waals surface area contributed by atoms with Gasteiger partial charge in [0, 0.05) is 12.7 Å². The first-order valence-electron chi connectivity index (χ1n) is 4.95. The van der Waals surface area contributed by atoms with Gasteiger partial charge in [0.25, 0.3) is 0 Å². The predicted molar refractivity (Wildman–Crippen MR) is 61.3 cm³/mol. The average Bonchev–Trinajstić information content (AvgIpc) is 2.67. The Morgan fingerprint density at radius 3 is 2.93 bits per heavy atom. The maximum absolute atomic E-state index is 5.65. The molecule has 80 valence electrons. The highest BCUT2D eigenvalue weighted by Crippen LogP contribution is 2.13. The van der Waals surface area contributed by atoms with E-state index in [1.165, 1.54) is 0 Å². The zero-order chi connectivity index (χ0) is 10.8. The van der Waals surface area contributed by atoms with Crippen LogP contribution in [0, 0.1) is 0 Å². The van der Waals surface area contributed by atoms with E-state index in [-0.39, 0.29) is 6.17 Å². The van der Waals surface area contributed by atoms with Gasteiger partial charge in [-0.3, -0.25) is 5.32 Å². The third-order valence-electron chi connectivity index (χ3n) is 2.33. The summed E-state index contributed by atoms with van der Waals surface area (Å²) in [4.78, 5) is 10.4. The summed E-state index contributed by atoms with van der Waals surface area (Å²) in [6.45, 7) is 1.90. The van der Waals surface area contributed by atoms with Gasteiger partial charge < -0.3 is 10.6 Å². The van der Waals surface area contributed by atoms with Crippen molar-refractivity contribution in [3.8, 4) is 0 Å². The molecular formula is C10H15N5. The summed E-state index contributed by atoms with van der Waals surface area (Å²) in [7, 11) is 1.96. The molecule has 1 atom stereocenters. The highest BCUT2D eigenvalue weighted by atomic mass is 15.4. The lowest BCUT2D eigenvalue weighted by Crippen LogP contribution is -2.48. The third kappa shape index (κ3) is 2.01. The smallest absolute Gasteiger partial charge is 0.207 e. The second-order valence-corrected chi connectivity index (χ2v) is 3.55. The minimum atomic E-state index is -0.116. The predicted octanol–water partition coefficient (Wildman–Crippen LogP) is 0.382. The zero-order valence-corrected chi connectivity index (χ0v) is 8.94. The Labute approximate surface area is 89.1 Å². The quantitative estimate of drug-likeness (QED) is 0.650. The lowest BCUT2D eigenvalue weighted by Gasteiger charge is -2.25. The molecular weight excluding hydrogens is 190 g/mol. The van der Waals surface area contributed by atoms with Crippen LogP contribution >= 0.6 is 0 Å². The molecule has 0 aromatic carbocycles. The van der Waals surface area contributed by atoms with Crippen LogP contribution < -0.4 is 11.1 Å². The largest absolute Gasteiger partial charge is 0.370 e. The number of nitrogens with one attached hydrogen (secondary N) is 1. The standard InChI is InChI=1S/C10H15N5/c1-7-12-9(11)14-10(13-7)15(2)8-5-3-4-6-8/h3,5-7H,4H2,1-2H3,(H3,11,12,13,14). The van der Waals surface area contributed by atoms with Gasteiger partial charge in [-0.1, -0.05) is 12.2 Å². The minimum absolute atomic E-state index is 0.116. The number of guanidine groups is 2. The number of hydrogen-bond donors (Lipinski definition) is 2. The highest BCUT2D eigenvalue weighted by Gasteiger charge is 2.16. The molecule has 15 heavy (non-hydrogen) atoms. The second-order valence-electron chi connectivity index (χ2n) is 3.55. The van der Waals surface area contributed by atoms with E-state index in [1.54, 1.807) is 0 Å². The zero-order valence-electron chi connectivity index (χ0n) is 8.94. The van der Waals surface area contributed by atoms with Gasteiger partial charge in [-0.15, -0.1) is 0 Å². The molecule has 0 fully saturated rings. The molecule has 1 unspecified atom stereocenters. The molecule has 5 nitrogen and oxygen atoms in total. The number of allylic oxidation sites excluding steroid dienone is 3. The molecule has 1 aliphatic heterocycles. The molecule has 0 bridgehead atoms. The molecule has 0 aromatic heterocycles. The van der Waals surface area contributed by atoms with Gasteiger partial charge in [-0.2, -0.15) is 0 Å². The summed E-state index contributed by atoms with van der Waals surface area (Å²) < 4.78 is 0. The first-order chi connectivity index (χ1) is 7.16. The monoisotopic (exact) mass is 205 g/mol. The number of aliphatic imine (C=N–C) groups is 2. The molecule has 0 saturated carbocycles. The van der Waals surface area contributed by atoms with Crippen LogP contribution in [0.2, 0.25) is 0 Å². The van der Waals surface area contributed by atoms with Crippen LogP contribution in [0.3, 0.4) is 0 Å². The third-order valence-corrected chi connectivity index (χ3v) is 2.33. The van der Waals surface area contributed by atoms with Crippen molar-refractivity contribution in [3.63, 3.8) is 0 Å². The van der Waals surface area contributed by atoms with Crippen LogP contribution in [0.5, 0.6) is 0 Å². The molecule has 0 radical (unpaired) electrons. The topological polar surface area (TPSA) is 66.0 Å². The van der Waals surface area contributed by atoms with Crippen molar-refractivity contribution < 1.29 is 0 Å². The summed E-state index contributed by atoms with van der Waals surface area (Å²) in [5, 5.41) is 2.95. The molecule has 5 heteroatoms. The van der Waals surface area contributed by atoms with E-state index in [2.05, 4.69) is 33.5 Å². The number of nitrogens with zero attached hydrogens (tertiary/aromatic N) is 3. The van der Waals surface area contributed by atoms with Crippen LogP contribution in [-0.4, -0.2) is 30.0 Å². The van der Waals surface area contributed by atoms with Gasteiger partial charge in [0.2, 0.25) is 5.96 Å². The molecule has 0 saturated heterocycles. The molecule has 3 N–H and O–H groups in total. The van der Waals surface area contributed by atoms with Gasteiger partial charge in [-0.05, 0) is 19.4 Å². The van der Waals surface area contributed by atoms with Gasteiger partial charge in [0.05, 0.1) is 0 Å². The van der Waals surface area contributed by atoms with Gasteiger partial charge >= 0.3 is 0 Å². The summed E-state index contributed by atoms with van der Waals surface area (Å²) in [5.74, 6) is 1.16. The van der Waals surface area contributed by atoms with E-state index in [0.717, 1.165) is 18.1 Å². The summed E-state index contributed by atoms with van der Waals surface area (Å²) in [6, 6.07) is 0. The van der Waals surface area contributed by atoms with Crippen molar-refractivity contribution in [2.45, 2.75) is 19.5 Å². The van der Waals surface area contributed by atoms with Crippen molar-refractivity contribution in [3.05, 3.63) is 23.9 Å². The molecule has 0 aromatic rings. The average molecular weight is 205 g/mol. The van der Waals surface area contributed by atoms with Crippen LogP contribution in [0.25, 0.3) is 0 Å². The first-order valence-corrected chi connectivity index (χ1v) is 4.95. The Bertz CT molecular complexity index is 377. The summed E-state index contributed by atoms with van der Waals surface area (Å²) in [5.41, 5.74) is 6.77. The van der Waals surface area contributed by atoms with E-state index in [1.807, 2.05) is 18.9 Å². The fourth-order valence-electron chi connectivity index (χ4n) is 1.57. The molecule has 2 aliphatic rings. The van der Waals surface area contributed by atoms with Crippen LogP contribution in [0.4, 0.5) is 0 Å². The van der Waals surface area contributed by atoms with Crippen LogP contribution in [0.1, 0.15) is 13.3 Å². The van der Waals surface area contributed by atoms with E-state index in [0.29, 0.717) is 5.96 Å². The minimum Gasteiger partial charge on any atom is -0.370 e. The maximum atomic E-state index is 5.65. The fourth-order valence-corrected chi connectivity index (χ4v) is 1.57. The maximum Gasteiger partial charge on any atom is 0.207 e. The Kier molecular flexibility index (Phi) is 2.45. The van der Waals surface area contributed by atoms with E-state index in [9.17, 15) is 0 Å². The normalized spacial score (nSPS) is 24.1. The van der Waals surface area contributed by atoms with E-state index < -0.39 is 0 Å². The van der Waals surface area contributed by atoms with Gasteiger partial charge in [-0.25, -0.2) is 9.98 Å². The number of nitrogens with two attached hydrogens (primary N) is 1. The Morgan fingerprint density at radius 2 is 2.33 bits per heavy atom. The lowest BCUT2D eigenvalue weighted by molar-refractivity contribution is 0.602. The van der Waals surface area contributed by atoms with Gasteiger partial charge in [0.15, 0.2) is 5.96 Å². The molecule has 2 rings (SSSR count). The lowest BCUT2D eigenvalue weighted by atomic mass is 10.4. The van der Waals surface area contributed by atoms with Crippen molar-refractivity contribution >= 4 is 11.9 Å². The summed E-state index contributed by atoms with van der Waals surface area (Å²) >= 11 is 0. The van der Waals surface area contributed by atoms with Gasteiger partial charge in [0.1, 0.15) is 6.17 Å². The molecule has 1 aliphatic carbocycles. The summed E-state index contributed by atoms with van der Waals surface area (Å²) in [6.07, 6.45) is 7.17. The van der Waals surface area contributed by atoms with Crippen molar-refractivity contribution in [2.24, 2.45) is 15.7 Å². The molecule has 1 heterocycles. The Balaban J connectivity index is 2.14. The SMILES string of the molecule is CC1N=C(N)NC(N(C)C2=CCC=C2)=N1. The first kappa shape index (κ1) is 9.76.